The van der Waals surface area contributed by atoms with Gasteiger partial charge in [0.2, 0.25) is 11.8 Å². The predicted molar refractivity (Wildman–Crippen MR) is 157 cm³/mol. The van der Waals surface area contributed by atoms with Gasteiger partial charge in [-0.2, -0.15) is 0 Å². The summed E-state index contributed by atoms with van der Waals surface area (Å²) in [4.78, 5) is 55.3. The normalized spacial score (nSPS) is 21.4. The van der Waals surface area contributed by atoms with Crippen molar-refractivity contribution in [3.05, 3.63) is 130 Å². The molecule has 8 rings (SSSR count). The highest BCUT2D eigenvalue weighted by atomic mass is 16.5. The van der Waals surface area contributed by atoms with Crippen LogP contribution in [0.2, 0.25) is 0 Å². The molecule has 3 aliphatic carbocycles. The van der Waals surface area contributed by atoms with Crippen LogP contribution in [0.3, 0.4) is 0 Å². The Balaban J connectivity index is 1.17. The highest BCUT2D eigenvalue weighted by Crippen LogP contribution is 2.61. The number of benzene rings is 4. The lowest BCUT2D eigenvalue weighted by Crippen LogP contribution is -2.41. The highest BCUT2D eigenvalue weighted by molar-refractivity contribution is 6.25. The van der Waals surface area contributed by atoms with E-state index in [0.717, 1.165) is 33.4 Å². The number of hydrogen-bond donors (Lipinski definition) is 1. The Kier molecular flexibility index (Phi) is 6.04. The standard InChI is InChI=1S/C35H28N2O5/c1-19-15-16-21(17-20(19)2)36-28(38)18-42-35(41)26-13-7-8-14-27(26)37-33(39)31-29-22-9-3-4-10-23(22)30(32(31)34(37)40)25-12-6-5-11-24(25)29/h3-17,29-32H,18H2,1-2H3,(H,36,38)/t29?,30?,31-,32-/m1/s1. The average molecular weight is 557 g/mol. The number of amides is 3. The highest BCUT2D eigenvalue weighted by Gasteiger charge is 2.62. The maximum Gasteiger partial charge on any atom is 0.340 e. The molecule has 1 aliphatic heterocycles. The first kappa shape index (κ1) is 25.9. The van der Waals surface area contributed by atoms with E-state index in [2.05, 4.69) is 5.32 Å². The van der Waals surface area contributed by atoms with Gasteiger partial charge in [-0.25, -0.2) is 9.69 Å². The van der Waals surface area contributed by atoms with Crippen LogP contribution in [0.25, 0.3) is 0 Å². The summed E-state index contributed by atoms with van der Waals surface area (Å²) in [5, 5.41) is 2.73. The second kappa shape index (κ2) is 9.80. The lowest BCUT2D eigenvalue weighted by atomic mass is 9.55. The number of nitrogens with one attached hydrogen (secondary N) is 1. The van der Waals surface area contributed by atoms with Crippen LogP contribution in [0.5, 0.6) is 0 Å². The Labute approximate surface area is 243 Å². The van der Waals surface area contributed by atoms with Crippen molar-refractivity contribution in [1.29, 1.82) is 0 Å². The van der Waals surface area contributed by atoms with E-state index in [1.807, 2.05) is 74.5 Å². The summed E-state index contributed by atoms with van der Waals surface area (Å²) in [5.41, 5.74) is 7.27. The lowest BCUT2D eigenvalue weighted by molar-refractivity contribution is -0.122. The van der Waals surface area contributed by atoms with Crippen molar-refractivity contribution < 1.29 is 23.9 Å². The Hall–Kier alpha value is -5.04. The molecule has 3 amide bonds. The molecular formula is C35H28N2O5. The van der Waals surface area contributed by atoms with Crippen LogP contribution < -0.4 is 10.2 Å². The van der Waals surface area contributed by atoms with E-state index in [9.17, 15) is 19.2 Å². The number of carbonyl (C=O) groups excluding carboxylic acids is 4. The van der Waals surface area contributed by atoms with Crippen molar-refractivity contribution in [3.8, 4) is 0 Å². The molecule has 0 saturated carbocycles. The first-order chi connectivity index (χ1) is 20.3. The number of hydrogen-bond acceptors (Lipinski definition) is 5. The number of rotatable bonds is 5. The van der Waals surface area contributed by atoms with E-state index < -0.39 is 30.3 Å². The van der Waals surface area contributed by atoms with Crippen LogP contribution >= 0.6 is 0 Å². The molecule has 7 heteroatoms. The number of ether oxygens (including phenoxy) is 1. The van der Waals surface area contributed by atoms with Gasteiger partial charge in [-0.1, -0.05) is 66.7 Å². The van der Waals surface area contributed by atoms with Crippen LogP contribution in [0, 0.1) is 25.7 Å². The third-order valence-electron chi connectivity index (χ3n) is 8.94. The fraction of sp³-hybridized carbons (Fsp3) is 0.200. The molecule has 2 bridgehead atoms. The number of aryl methyl sites for hydroxylation is 2. The van der Waals surface area contributed by atoms with Gasteiger partial charge in [-0.15, -0.1) is 0 Å². The molecule has 0 aromatic heterocycles. The molecule has 42 heavy (non-hydrogen) atoms. The number of carbonyl (C=O) groups is 4. The fourth-order valence-corrected chi connectivity index (χ4v) is 6.98. The molecule has 0 spiro atoms. The van der Waals surface area contributed by atoms with E-state index in [4.69, 9.17) is 4.74 Å². The quantitative estimate of drug-likeness (QED) is 0.259. The molecule has 4 aromatic rings. The molecule has 0 unspecified atom stereocenters. The molecule has 1 fully saturated rings. The van der Waals surface area contributed by atoms with E-state index >= 15 is 0 Å². The van der Waals surface area contributed by atoms with Crippen molar-refractivity contribution in [2.45, 2.75) is 25.7 Å². The Bertz CT molecular complexity index is 1700. The van der Waals surface area contributed by atoms with Crippen molar-refractivity contribution >= 4 is 35.1 Å². The monoisotopic (exact) mass is 556 g/mol. The molecule has 1 heterocycles. The molecule has 0 radical (unpaired) electrons. The molecule has 2 atom stereocenters. The van der Waals surface area contributed by atoms with Crippen LogP contribution in [-0.2, 0) is 19.1 Å². The maximum absolute atomic E-state index is 14.1. The van der Waals surface area contributed by atoms with Crippen molar-refractivity contribution in [2.24, 2.45) is 11.8 Å². The number of imide groups is 1. The SMILES string of the molecule is Cc1ccc(NC(=O)COC(=O)c2ccccc2N2C(=O)[C@@H]3C4c5ccccc5C(c5ccccc54)[C@H]3C2=O)cc1C. The summed E-state index contributed by atoms with van der Waals surface area (Å²) in [6.07, 6.45) is 0. The van der Waals surface area contributed by atoms with Crippen molar-refractivity contribution in [2.75, 3.05) is 16.8 Å². The Morgan fingerprint density at radius 3 is 1.79 bits per heavy atom. The summed E-state index contributed by atoms with van der Waals surface area (Å²) >= 11 is 0. The van der Waals surface area contributed by atoms with Gasteiger partial charge in [0.1, 0.15) is 0 Å². The lowest BCUT2D eigenvalue weighted by Gasteiger charge is -2.45. The number of anilines is 2. The average Bonchev–Trinajstić information content (AvgIpc) is 3.27. The molecule has 1 N–H and O–H groups in total. The van der Waals surface area contributed by atoms with Crippen LogP contribution in [0.15, 0.2) is 91.0 Å². The first-order valence-corrected chi connectivity index (χ1v) is 14.0. The second-order valence-electron chi connectivity index (χ2n) is 11.2. The summed E-state index contributed by atoms with van der Waals surface area (Å²) in [7, 11) is 0. The Morgan fingerprint density at radius 2 is 1.24 bits per heavy atom. The molecule has 208 valence electrons. The second-order valence-corrected chi connectivity index (χ2v) is 11.2. The summed E-state index contributed by atoms with van der Waals surface area (Å²) in [5.74, 6) is -3.56. The minimum absolute atomic E-state index is 0.0548. The third-order valence-corrected chi connectivity index (χ3v) is 8.94. The third kappa shape index (κ3) is 3.88. The van der Waals surface area contributed by atoms with Gasteiger partial charge < -0.3 is 10.1 Å². The van der Waals surface area contributed by atoms with Crippen LogP contribution in [0.4, 0.5) is 11.4 Å². The smallest absolute Gasteiger partial charge is 0.340 e. The Morgan fingerprint density at radius 1 is 0.714 bits per heavy atom. The van der Waals surface area contributed by atoms with Gasteiger partial charge in [0.15, 0.2) is 6.61 Å². The maximum atomic E-state index is 14.1. The molecule has 1 saturated heterocycles. The molecular weight excluding hydrogens is 528 g/mol. The van der Waals surface area contributed by atoms with E-state index in [-0.39, 0.29) is 34.9 Å². The van der Waals surface area contributed by atoms with Gasteiger partial charge in [0.05, 0.1) is 23.1 Å². The zero-order valence-electron chi connectivity index (χ0n) is 23.2. The number of nitrogens with zero attached hydrogens (tertiary/aromatic N) is 1. The van der Waals surface area contributed by atoms with Crippen LogP contribution in [-0.4, -0.2) is 30.3 Å². The molecule has 4 aliphatic rings. The van der Waals surface area contributed by atoms with Gasteiger partial charge in [-0.05, 0) is 71.5 Å². The molecule has 4 aromatic carbocycles. The van der Waals surface area contributed by atoms with Gasteiger partial charge in [-0.3, -0.25) is 14.4 Å². The van der Waals surface area contributed by atoms with E-state index in [0.29, 0.717) is 5.69 Å². The topological polar surface area (TPSA) is 92.8 Å². The van der Waals surface area contributed by atoms with E-state index in [1.54, 1.807) is 24.3 Å². The minimum atomic E-state index is -0.786. The zero-order chi connectivity index (χ0) is 29.1. The van der Waals surface area contributed by atoms with Crippen molar-refractivity contribution in [1.82, 2.24) is 0 Å². The summed E-state index contributed by atoms with van der Waals surface area (Å²) in [6.45, 7) is 3.41. The van der Waals surface area contributed by atoms with Crippen molar-refractivity contribution in [3.63, 3.8) is 0 Å². The molecule has 7 nitrogen and oxygen atoms in total. The predicted octanol–water partition coefficient (Wildman–Crippen LogP) is 5.50. The summed E-state index contributed by atoms with van der Waals surface area (Å²) < 4.78 is 5.36. The largest absolute Gasteiger partial charge is 0.452 e. The van der Waals surface area contributed by atoms with Gasteiger partial charge >= 0.3 is 5.97 Å². The summed E-state index contributed by atoms with van der Waals surface area (Å²) in [6, 6.07) is 28.0. The van der Waals surface area contributed by atoms with Crippen LogP contribution in [0.1, 0.15) is 55.6 Å². The number of para-hydroxylation sites is 1. The first-order valence-electron chi connectivity index (χ1n) is 14.0. The minimum Gasteiger partial charge on any atom is -0.452 e. The van der Waals surface area contributed by atoms with Gasteiger partial charge in [0, 0.05) is 17.5 Å². The van der Waals surface area contributed by atoms with E-state index in [1.165, 1.54) is 11.0 Å². The zero-order valence-corrected chi connectivity index (χ0v) is 23.2. The van der Waals surface area contributed by atoms with Gasteiger partial charge in [0.25, 0.3) is 5.91 Å². The fourth-order valence-electron chi connectivity index (χ4n) is 6.98. The number of esters is 1.